The molecule has 8 heteroatoms. The lowest BCUT2D eigenvalue weighted by Gasteiger charge is -2.12. The lowest BCUT2D eigenvalue weighted by Crippen LogP contribution is -2.40. The zero-order valence-electron chi connectivity index (χ0n) is 12.0. The standard InChI is InChI=1S/C14H17ClN4O3/c1-9(5-6-20)17-14(21)16-8-12-18-13(19-22-12)10-3-2-4-11(15)7-10/h2-4,7,9,20H,5-6,8H2,1H3,(H2,16,17,21)/t9-/m1/s1. The zero-order valence-corrected chi connectivity index (χ0v) is 12.8. The minimum Gasteiger partial charge on any atom is -0.396 e. The number of halogens is 1. The molecule has 2 aromatic rings. The number of urea groups is 1. The molecule has 2 amide bonds. The summed E-state index contributed by atoms with van der Waals surface area (Å²) >= 11 is 5.91. The van der Waals surface area contributed by atoms with Crippen LogP contribution in [0.5, 0.6) is 0 Å². The van der Waals surface area contributed by atoms with Crippen molar-refractivity contribution in [2.45, 2.75) is 25.9 Å². The van der Waals surface area contributed by atoms with Gasteiger partial charge in [0.05, 0.1) is 6.54 Å². The molecule has 7 nitrogen and oxygen atoms in total. The number of nitrogens with zero attached hydrogens (tertiary/aromatic N) is 2. The third-order valence-corrected chi connectivity index (χ3v) is 3.13. The van der Waals surface area contributed by atoms with Crippen LogP contribution in [0, 0.1) is 0 Å². The van der Waals surface area contributed by atoms with Gasteiger partial charge in [0.15, 0.2) is 0 Å². The van der Waals surface area contributed by atoms with E-state index in [4.69, 9.17) is 21.2 Å². The van der Waals surface area contributed by atoms with Crippen LogP contribution >= 0.6 is 11.6 Å². The number of aliphatic hydroxyl groups excluding tert-OH is 1. The monoisotopic (exact) mass is 324 g/mol. The lowest BCUT2D eigenvalue weighted by molar-refractivity contribution is 0.229. The van der Waals surface area contributed by atoms with E-state index >= 15 is 0 Å². The van der Waals surface area contributed by atoms with Crippen molar-refractivity contribution in [1.29, 1.82) is 0 Å². The first-order chi connectivity index (χ1) is 10.6. The maximum Gasteiger partial charge on any atom is 0.315 e. The molecule has 0 spiro atoms. The van der Waals surface area contributed by atoms with Gasteiger partial charge in [0.1, 0.15) is 0 Å². The molecule has 1 aromatic carbocycles. The van der Waals surface area contributed by atoms with Crippen molar-refractivity contribution in [1.82, 2.24) is 20.8 Å². The topological polar surface area (TPSA) is 100 Å². The van der Waals surface area contributed by atoms with Crippen LogP contribution in [-0.4, -0.2) is 33.9 Å². The van der Waals surface area contributed by atoms with Gasteiger partial charge in [-0.25, -0.2) is 4.79 Å². The quantitative estimate of drug-likeness (QED) is 0.754. The van der Waals surface area contributed by atoms with Gasteiger partial charge in [0.2, 0.25) is 11.7 Å². The van der Waals surface area contributed by atoms with E-state index < -0.39 is 0 Å². The van der Waals surface area contributed by atoms with Crippen molar-refractivity contribution in [3.8, 4) is 11.4 Å². The molecule has 2 rings (SSSR count). The number of amides is 2. The van der Waals surface area contributed by atoms with Gasteiger partial charge in [-0.2, -0.15) is 4.98 Å². The molecule has 0 fully saturated rings. The molecule has 1 aromatic heterocycles. The Labute approximate surface area is 132 Å². The number of hydrogen-bond acceptors (Lipinski definition) is 5. The highest BCUT2D eigenvalue weighted by molar-refractivity contribution is 6.30. The van der Waals surface area contributed by atoms with E-state index in [0.717, 1.165) is 5.56 Å². The summed E-state index contributed by atoms with van der Waals surface area (Å²) in [6, 6.07) is 6.62. The second kappa shape index (κ2) is 7.77. The predicted molar refractivity (Wildman–Crippen MR) is 81.3 cm³/mol. The third kappa shape index (κ3) is 4.71. The Kier molecular flexibility index (Phi) is 5.74. The van der Waals surface area contributed by atoms with E-state index in [1.807, 2.05) is 6.07 Å². The van der Waals surface area contributed by atoms with E-state index in [2.05, 4.69) is 20.8 Å². The number of rotatable bonds is 6. The van der Waals surface area contributed by atoms with Gasteiger partial charge < -0.3 is 20.3 Å². The molecule has 3 N–H and O–H groups in total. The summed E-state index contributed by atoms with van der Waals surface area (Å²) < 4.78 is 5.08. The van der Waals surface area contributed by atoms with Gasteiger partial charge in [-0.3, -0.25) is 0 Å². The first-order valence-electron chi connectivity index (χ1n) is 6.82. The highest BCUT2D eigenvalue weighted by atomic mass is 35.5. The second-order valence-corrected chi connectivity index (χ2v) is 5.20. The van der Waals surface area contributed by atoms with Gasteiger partial charge in [-0.1, -0.05) is 28.9 Å². The average molecular weight is 325 g/mol. The predicted octanol–water partition coefficient (Wildman–Crippen LogP) is 1.96. The van der Waals surface area contributed by atoms with Gasteiger partial charge in [0, 0.05) is 23.2 Å². The number of aliphatic hydroxyl groups is 1. The fourth-order valence-electron chi connectivity index (χ4n) is 1.77. The summed E-state index contributed by atoms with van der Waals surface area (Å²) in [6.45, 7) is 1.94. The van der Waals surface area contributed by atoms with Crippen molar-refractivity contribution < 1.29 is 14.4 Å². The Morgan fingerprint density at radius 3 is 3.05 bits per heavy atom. The number of aromatic nitrogens is 2. The van der Waals surface area contributed by atoms with E-state index in [1.165, 1.54) is 0 Å². The van der Waals surface area contributed by atoms with E-state index in [0.29, 0.717) is 23.2 Å². The molecular weight excluding hydrogens is 308 g/mol. The molecule has 0 saturated carbocycles. The van der Waals surface area contributed by atoms with Crippen LogP contribution in [0.4, 0.5) is 4.79 Å². The average Bonchev–Trinajstić information content (AvgIpc) is 2.94. The van der Waals surface area contributed by atoms with E-state index in [-0.39, 0.29) is 25.2 Å². The molecule has 118 valence electrons. The Balaban J connectivity index is 1.88. The van der Waals surface area contributed by atoms with Gasteiger partial charge >= 0.3 is 6.03 Å². The number of benzene rings is 1. The zero-order chi connectivity index (χ0) is 15.9. The molecule has 0 bridgehead atoms. The summed E-state index contributed by atoms with van der Waals surface area (Å²) in [7, 11) is 0. The summed E-state index contributed by atoms with van der Waals surface area (Å²) in [6.07, 6.45) is 0.493. The maximum absolute atomic E-state index is 11.6. The summed E-state index contributed by atoms with van der Waals surface area (Å²) in [5.74, 6) is 0.702. The minimum atomic E-state index is -0.358. The van der Waals surface area contributed by atoms with Crippen LogP contribution in [-0.2, 0) is 6.54 Å². The molecule has 0 aliphatic rings. The van der Waals surface area contributed by atoms with Crippen LogP contribution in [0.15, 0.2) is 28.8 Å². The Morgan fingerprint density at radius 1 is 1.50 bits per heavy atom. The molecule has 0 aliphatic carbocycles. The van der Waals surface area contributed by atoms with Crippen LogP contribution in [0.1, 0.15) is 19.2 Å². The molecule has 0 unspecified atom stereocenters. The number of hydrogen-bond donors (Lipinski definition) is 3. The number of carbonyl (C=O) groups is 1. The van der Waals surface area contributed by atoms with Crippen molar-refractivity contribution in [3.63, 3.8) is 0 Å². The van der Waals surface area contributed by atoms with E-state index in [1.54, 1.807) is 25.1 Å². The fraction of sp³-hybridized carbons (Fsp3) is 0.357. The molecule has 0 radical (unpaired) electrons. The first-order valence-corrected chi connectivity index (χ1v) is 7.20. The third-order valence-electron chi connectivity index (χ3n) is 2.89. The highest BCUT2D eigenvalue weighted by Crippen LogP contribution is 2.19. The van der Waals surface area contributed by atoms with Crippen LogP contribution in [0.25, 0.3) is 11.4 Å². The first kappa shape index (κ1) is 16.3. The maximum atomic E-state index is 11.6. The Bertz CT molecular complexity index is 632. The fourth-order valence-corrected chi connectivity index (χ4v) is 1.96. The van der Waals surface area contributed by atoms with Crippen molar-refractivity contribution in [3.05, 3.63) is 35.2 Å². The smallest absolute Gasteiger partial charge is 0.315 e. The minimum absolute atomic E-state index is 0.0219. The Hall–Kier alpha value is -2.12. The summed E-state index contributed by atoms with van der Waals surface area (Å²) in [5, 5.41) is 18.5. The van der Waals surface area contributed by atoms with Crippen molar-refractivity contribution >= 4 is 17.6 Å². The van der Waals surface area contributed by atoms with Crippen LogP contribution in [0.3, 0.4) is 0 Å². The van der Waals surface area contributed by atoms with Gasteiger partial charge in [-0.05, 0) is 25.5 Å². The normalized spacial score (nSPS) is 12.0. The lowest BCUT2D eigenvalue weighted by atomic mass is 10.2. The van der Waals surface area contributed by atoms with Gasteiger partial charge in [-0.15, -0.1) is 0 Å². The SMILES string of the molecule is C[C@H](CCO)NC(=O)NCc1nc(-c2cccc(Cl)c2)no1. The Morgan fingerprint density at radius 2 is 2.32 bits per heavy atom. The molecular formula is C14H17ClN4O3. The number of carbonyl (C=O) groups excluding carboxylic acids is 1. The van der Waals surface area contributed by atoms with Crippen LogP contribution in [0.2, 0.25) is 5.02 Å². The van der Waals surface area contributed by atoms with E-state index in [9.17, 15) is 4.79 Å². The summed E-state index contributed by atoms with van der Waals surface area (Å²) in [5.41, 5.74) is 0.739. The molecule has 1 atom stereocenters. The van der Waals surface area contributed by atoms with Crippen molar-refractivity contribution in [2.75, 3.05) is 6.61 Å². The second-order valence-electron chi connectivity index (χ2n) is 4.76. The number of nitrogens with one attached hydrogen (secondary N) is 2. The molecule has 1 heterocycles. The van der Waals surface area contributed by atoms with Crippen molar-refractivity contribution in [2.24, 2.45) is 0 Å². The van der Waals surface area contributed by atoms with Crippen LogP contribution < -0.4 is 10.6 Å². The highest BCUT2D eigenvalue weighted by Gasteiger charge is 2.11. The largest absolute Gasteiger partial charge is 0.396 e. The van der Waals surface area contributed by atoms with Gasteiger partial charge in [0.25, 0.3) is 0 Å². The summed E-state index contributed by atoms with van der Waals surface area (Å²) in [4.78, 5) is 15.8. The molecule has 22 heavy (non-hydrogen) atoms. The molecule has 0 saturated heterocycles. The molecule has 0 aliphatic heterocycles.